The number of hydrogen-bond donors (Lipinski definition) is 0. The summed E-state index contributed by atoms with van der Waals surface area (Å²) < 4.78 is 7.59. The number of aryl methyl sites for hydroxylation is 2. The van der Waals surface area contributed by atoms with Gasteiger partial charge in [-0.3, -0.25) is 4.79 Å². The Morgan fingerprint density at radius 1 is 1.36 bits per heavy atom. The normalized spacial score (nSPS) is 14.2. The lowest BCUT2D eigenvalue weighted by Gasteiger charge is -2.09. The number of rotatable bonds is 3. The first-order chi connectivity index (χ1) is 12.2. The smallest absolute Gasteiger partial charge is 0.282 e. The molecule has 0 unspecified atom stereocenters. The summed E-state index contributed by atoms with van der Waals surface area (Å²) in [4.78, 5) is 19.4. The maximum Gasteiger partial charge on any atom is 0.282 e. The van der Waals surface area contributed by atoms with Crippen LogP contribution in [0.1, 0.15) is 28.8 Å². The molecule has 128 valence electrons. The fourth-order valence-electron chi connectivity index (χ4n) is 3.11. The van der Waals surface area contributed by atoms with Crippen molar-refractivity contribution in [3.63, 3.8) is 0 Å². The minimum atomic E-state index is -0.0798. The van der Waals surface area contributed by atoms with Gasteiger partial charge in [-0.2, -0.15) is 9.78 Å². The van der Waals surface area contributed by atoms with Gasteiger partial charge in [-0.05, 0) is 77.6 Å². The van der Waals surface area contributed by atoms with Crippen LogP contribution in [0.25, 0.3) is 10.2 Å². The number of hydrogen-bond acceptors (Lipinski definition) is 5. The lowest BCUT2D eigenvalue weighted by atomic mass is 9.97. The lowest BCUT2D eigenvalue weighted by Crippen LogP contribution is -2.18. The molecule has 2 heterocycles. The molecule has 1 aliphatic carbocycles. The van der Waals surface area contributed by atoms with Crippen LogP contribution in [0, 0.1) is 3.57 Å². The van der Waals surface area contributed by atoms with Crippen molar-refractivity contribution in [1.82, 2.24) is 9.66 Å². The third-order valence-corrected chi connectivity index (χ3v) is 6.41. The van der Waals surface area contributed by atoms with Crippen LogP contribution in [0.3, 0.4) is 0 Å². The van der Waals surface area contributed by atoms with Crippen molar-refractivity contribution >= 4 is 50.4 Å². The Morgan fingerprint density at radius 2 is 2.20 bits per heavy atom. The van der Waals surface area contributed by atoms with Gasteiger partial charge >= 0.3 is 0 Å². The predicted octanol–water partition coefficient (Wildman–Crippen LogP) is 3.83. The Labute approximate surface area is 162 Å². The molecule has 0 saturated carbocycles. The molecule has 0 radical (unpaired) electrons. The van der Waals surface area contributed by atoms with Crippen molar-refractivity contribution < 1.29 is 4.74 Å². The van der Waals surface area contributed by atoms with Crippen LogP contribution in [0.15, 0.2) is 34.4 Å². The standard InChI is InChI=1S/C18H16IN3O2S/c1-24-14-7-6-11(8-13(14)19)9-21-22-10-20-17-16(18(22)23)12-4-2-3-5-15(12)25-17/h6-10H,2-5H2,1H3/b21-9+. The number of nitrogens with zero attached hydrogens (tertiary/aromatic N) is 3. The second-order valence-electron chi connectivity index (χ2n) is 5.92. The Kier molecular flexibility index (Phi) is 4.60. The fraction of sp³-hybridized carbons (Fsp3) is 0.278. The summed E-state index contributed by atoms with van der Waals surface area (Å²) in [6.07, 6.45) is 7.55. The number of halogens is 1. The van der Waals surface area contributed by atoms with Crippen molar-refractivity contribution in [3.05, 3.63) is 54.5 Å². The van der Waals surface area contributed by atoms with Gasteiger partial charge in [-0.25, -0.2) is 4.98 Å². The lowest BCUT2D eigenvalue weighted by molar-refractivity contribution is 0.412. The Morgan fingerprint density at radius 3 is 3.00 bits per heavy atom. The van der Waals surface area contributed by atoms with Gasteiger partial charge in [0.25, 0.3) is 5.56 Å². The molecule has 0 spiro atoms. The van der Waals surface area contributed by atoms with E-state index in [4.69, 9.17) is 4.74 Å². The quantitative estimate of drug-likeness (QED) is 0.437. The molecule has 0 saturated heterocycles. The highest BCUT2D eigenvalue weighted by Crippen LogP contribution is 2.33. The van der Waals surface area contributed by atoms with Crippen LogP contribution in [-0.2, 0) is 12.8 Å². The second-order valence-corrected chi connectivity index (χ2v) is 8.17. The molecule has 2 aromatic heterocycles. The maximum absolute atomic E-state index is 12.8. The van der Waals surface area contributed by atoms with Gasteiger partial charge in [0.2, 0.25) is 0 Å². The summed E-state index contributed by atoms with van der Waals surface area (Å²) in [6, 6.07) is 5.77. The van der Waals surface area contributed by atoms with Crippen molar-refractivity contribution in [2.24, 2.45) is 5.10 Å². The molecule has 0 N–H and O–H groups in total. The van der Waals surface area contributed by atoms with Gasteiger partial charge in [0.05, 0.1) is 22.3 Å². The van der Waals surface area contributed by atoms with E-state index >= 15 is 0 Å². The molecule has 0 fully saturated rings. The highest BCUT2D eigenvalue weighted by Gasteiger charge is 2.19. The summed E-state index contributed by atoms with van der Waals surface area (Å²) in [6.45, 7) is 0. The molecule has 5 nitrogen and oxygen atoms in total. The summed E-state index contributed by atoms with van der Waals surface area (Å²) in [5.41, 5.74) is 2.01. The number of fused-ring (bicyclic) bond motifs is 3. The SMILES string of the molecule is COc1ccc(/C=N/n2cnc3sc4c(c3c2=O)CCCC4)cc1I. The Bertz CT molecular complexity index is 1040. The van der Waals surface area contributed by atoms with E-state index in [1.807, 2.05) is 18.2 Å². The number of ether oxygens (including phenoxy) is 1. The van der Waals surface area contributed by atoms with E-state index in [0.29, 0.717) is 0 Å². The summed E-state index contributed by atoms with van der Waals surface area (Å²) in [7, 11) is 1.65. The van der Waals surface area contributed by atoms with Gasteiger partial charge in [-0.15, -0.1) is 11.3 Å². The average Bonchev–Trinajstić information content (AvgIpc) is 3.00. The van der Waals surface area contributed by atoms with Crippen LogP contribution in [0.4, 0.5) is 0 Å². The molecule has 1 aliphatic rings. The molecule has 25 heavy (non-hydrogen) atoms. The van der Waals surface area contributed by atoms with E-state index in [2.05, 4.69) is 32.7 Å². The van der Waals surface area contributed by atoms with Gasteiger partial charge in [-0.1, -0.05) is 0 Å². The molecule has 0 amide bonds. The van der Waals surface area contributed by atoms with Crippen molar-refractivity contribution in [1.29, 1.82) is 0 Å². The van der Waals surface area contributed by atoms with Crippen molar-refractivity contribution in [2.75, 3.05) is 7.11 Å². The van der Waals surface area contributed by atoms with E-state index in [1.54, 1.807) is 24.7 Å². The Balaban J connectivity index is 1.73. The predicted molar refractivity (Wildman–Crippen MR) is 109 cm³/mol. The highest BCUT2D eigenvalue weighted by molar-refractivity contribution is 14.1. The van der Waals surface area contributed by atoms with E-state index in [0.717, 1.165) is 44.4 Å². The van der Waals surface area contributed by atoms with Gasteiger partial charge in [0, 0.05) is 4.88 Å². The fourth-order valence-corrected chi connectivity index (χ4v) is 5.09. The molecule has 7 heteroatoms. The molecule has 4 rings (SSSR count). The van der Waals surface area contributed by atoms with E-state index in [9.17, 15) is 4.79 Å². The van der Waals surface area contributed by atoms with Crippen molar-refractivity contribution in [2.45, 2.75) is 25.7 Å². The van der Waals surface area contributed by atoms with Crippen LogP contribution in [-0.4, -0.2) is 23.0 Å². The van der Waals surface area contributed by atoms with Crippen LogP contribution in [0.5, 0.6) is 5.75 Å². The zero-order valence-electron chi connectivity index (χ0n) is 13.7. The number of thiophene rings is 1. The van der Waals surface area contributed by atoms with Gasteiger partial charge in [0.1, 0.15) is 16.9 Å². The second kappa shape index (κ2) is 6.87. The molecular formula is C18H16IN3O2S. The van der Waals surface area contributed by atoms with E-state index < -0.39 is 0 Å². The number of methoxy groups -OCH3 is 1. The van der Waals surface area contributed by atoms with Gasteiger partial charge < -0.3 is 4.74 Å². The molecule has 0 atom stereocenters. The first-order valence-electron chi connectivity index (χ1n) is 8.07. The number of benzene rings is 1. The zero-order valence-corrected chi connectivity index (χ0v) is 16.6. The summed E-state index contributed by atoms with van der Waals surface area (Å²) >= 11 is 3.87. The molecule has 1 aromatic carbocycles. The van der Waals surface area contributed by atoms with Crippen LogP contribution >= 0.6 is 33.9 Å². The maximum atomic E-state index is 12.8. The van der Waals surface area contributed by atoms with E-state index in [1.165, 1.54) is 27.9 Å². The minimum Gasteiger partial charge on any atom is -0.496 e. The average molecular weight is 465 g/mol. The third-order valence-electron chi connectivity index (χ3n) is 4.37. The van der Waals surface area contributed by atoms with Gasteiger partial charge in [0.15, 0.2) is 0 Å². The molecular weight excluding hydrogens is 449 g/mol. The topological polar surface area (TPSA) is 56.5 Å². The first kappa shape index (κ1) is 16.7. The van der Waals surface area contributed by atoms with E-state index in [-0.39, 0.29) is 5.56 Å². The molecule has 0 aliphatic heterocycles. The monoisotopic (exact) mass is 465 g/mol. The molecule has 3 aromatic rings. The number of aromatic nitrogens is 2. The third kappa shape index (κ3) is 3.10. The summed E-state index contributed by atoms with van der Waals surface area (Å²) in [5.74, 6) is 0.822. The minimum absolute atomic E-state index is 0.0798. The van der Waals surface area contributed by atoms with Crippen LogP contribution < -0.4 is 10.3 Å². The Hall–Kier alpha value is -1.74. The van der Waals surface area contributed by atoms with Crippen LogP contribution in [0.2, 0.25) is 0 Å². The zero-order chi connectivity index (χ0) is 17.4. The largest absolute Gasteiger partial charge is 0.496 e. The van der Waals surface area contributed by atoms with Crippen molar-refractivity contribution in [3.8, 4) is 5.75 Å². The highest BCUT2D eigenvalue weighted by atomic mass is 127. The summed E-state index contributed by atoms with van der Waals surface area (Å²) in [5, 5.41) is 5.08. The first-order valence-corrected chi connectivity index (χ1v) is 9.96. The molecule has 0 bridgehead atoms.